The van der Waals surface area contributed by atoms with Crippen LogP contribution >= 0.6 is 0 Å². The van der Waals surface area contributed by atoms with Gasteiger partial charge >= 0.3 is 0 Å². The van der Waals surface area contributed by atoms with Crippen LogP contribution in [0.3, 0.4) is 0 Å². The van der Waals surface area contributed by atoms with Crippen LogP contribution in [0.1, 0.15) is 36.4 Å². The monoisotopic (exact) mass is 394 g/mol. The predicted molar refractivity (Wildman–Crippen MR) is 107 cm³/mol. The standard InChI is InChI=1S/C21H26N6O2/c1-15-21(16(2)29-25-15)19-13-22-12-18(24-19)11-17-6-10-26(14-17)20(28)5-3-8-27-9-4-7-23-27/h4,7,9,12-13,17H,3,5-6,8,10-11,14H2,1-2H3/t17-/m1/s1. The molecule has 1 amide bonds. The van der Waals surface area contributed by atoms with Gasteiger partial charge in [0.15, 0.2) is 0 Å². The third kappa shape index (κ3) is 4.52. The highest BCUT2D eigenvalue weighted by Gasteiger charge is 2.26. The zero-order valence-electron chi connectivity index (χ0n) is 16.9. The molecule has 152 valence electrons. The summed E-state index contributed by atoms with van der Waals surface area (Å²) in [5.41, 5.74) is 3.48. The second-order valence-electron chi connectivity index (χ2n) is 7.67. The molecule has 3 aromatic rings. The molecule has 8 nitrogen and oxygen atoms in total. The Balaban J connectivity index is 1.31. The smallest absolute Gasteiger partial charge is 0.222 e. The van der Waals surface area contributed by atoms with Crippen LogP contribution < -0.4 is 0 Å². The molecule has 1 aliphatic heterocycles. The summed E-state index contributed by atoms with van der Waals surface area (Å²) >= 11 is 0. The van der Waals surface area contributed by atoms with Gasteiger partial charge in [-0.3, -0.25) is 14.5 Å². The average molecular weight is 394 g/mol. The Morgan fingerprint density at radius 3 is 2.97 bits per heavy atom. The van der Waals surface area contributed by atoms with Gasteiger partial charge in [0.1, 0.15) is 5.76 Å². The summed E-state index contributed by atoms with van der Waals surface area (Å²) in [7, 11) is 0. The first-order valence-corrected chi connectivity index (χ1v) is 10.1. The molecule has 1 saturated heterocycles. The minimum Gasteiger partial charge on any atom is -0.361 e. The number of rotatable bonds is 7. The normalized spacial score (nSPS) is 16.5. The minimum atomic E-state index is 0.232. The summed E-state index contributed by atoms with van der Waals surface area (Å²) in [6, 6.07) is 1.90. The molecule has 0 aliphatic carbocycles. The third-order valence-corrected chi connectivity index (χ3v) is 5.45. The van der Waals surface area contributed by atoms with Crippen molar-refractivity contribution < 1.29 is 9.32 Å². The van der Waals surface area contributed by atoms with Gasteiger partial charge in [-0.1, -0.05) is 5.16 Å². The summed E-state index contributed by atoms with van der Waals surface area (Å²) in [6.45, 7) is 6.18. The van der Waals surface area contributed by atoms with Gasteiger partial charge in [-0.05, 0) is 45.1 Å². The van der Waals surface area contributed by atoms with Crippen molar-refractivity contribution in [2.24, 2.45) is 5.92 Å². The van der Waals surface area contributed by atoms with Gasteiger partial charge in [0, 0.05) is 44.6 Å². The SMILES string of the molecule is Cc1noc(C)c1-c1cncc(C[C@H]2CCN(C(=O)CCCn3cccn3)C2)n1. The first-order chi connectivity index (χ1) is 14.1. The number of hydrogen-bond donors (Lipinski definition) is 0. The van der Waals surface area contributed by atoms with Crippen LogP contribution in [0.15, 0.2) is 35.4 Å². The van der Waals surface area contributed by atoms with Crippen molar-refractivity contribution in [3.63, 3.8) is 0 Å². The molecule has 3 aromatic heterocycles. The molecule has 0 unspecified atom stereocenters. The maximum Gasteiger partial charge on any atom is 0.222 e. The quantitative estimate of drug-likeness (QED) is 0.612. The molecule has 29 heavy (non-hydrogen) atoms. The molecule has 8 heteroatoms. The number of aromatic nitrogens is 5. The van der Waals surface area contributed by atoms with Crippen molar-refractivity contribution in [3.05, 3.63) is 48.0 Å². The molecule has 0 saturated carbocycles. The van der Waals surface area contributed by atoms with Crippen LogP contribution in [0.25, 0.3) is 11.3 Å². The van der Waals surface area contributed by atoms with Crippen LogP contribution in [-0.4, -0.2) is 48.8 Å². The van der Waals surface area contributed by atoms with E-state index in [0.717, 1.165) is 67.3 Å². The fourth-order valence-corrected chi connectivity index (χ4v) is 3.98. The molecule has 0 spiro atoms. The van der Waals surface area contributed by atoms with Gasteiger partial charge in [-0.25, -0.2) is 4.98 Å². The number of carbonyl (C=O) groups excluding carboxylic acids is 1. The lowest BCUT2D eigenvalue weighted by molar-refractivity contribution is -0.130. The third-order valence-electron chi connectivity index (χ3n) is 5.45. The second-order valence-corrected chi connectivity index (χ2v) is 7.67. The Labute approximate surface area is 169 Å². The fraction of sp³-hybridized carbons (Fsp3) is 0.476. The highest BCUT2D eigenvalue weighted by Crippen LogP contribution is 2.26. The van der Waals surface area contributed by atoms with E-state index in [0.29, 0.717) is 12.3 Å². The van der Waals surface area contributed by atoms with E-state index in [4.69, 9.17) is 9.51 Å². The van der Waals surface area contributed by atoms with Crippen molar-refractivity contribution in [3.8, 4) is 11.3 Å². The summed E-state index contributed by atoms with van der Waals surface area (Å²) in [5, 5.41) is 8.18. The summed E-state index contributed by atoms with van der Waals surface area (Å²) < 4.78 is 7.12. The van der Waals surface area contributed by atoms with Crippen LogP contribution in [0.2, 0.25) is 0 Å². The van der Waals surface area contributed by atoms with Gasteiger partial charge in [-0.2, -0.15) is 5.10 Å². The Hall–Kier alpha value is -3.03. The zero-order valence-corrected chi connectivity index (χ0v) is 16.9. The average Bonchev–Trinajstić information content (AvgIpc) is 3.45. The van der Waals surface area contributed by atoms with E-state index in [9.17, 15) is 4.79 Å². The van der Waals surface area contributed by atoms with Gasteiger partial charge in [0.05, 0.1) is 28.8 Å². The number of likely N-dealkylation sites (tertiary alicyclic amines) is 1. The Morgan fingerprint density at radius 2 is 2.21 bits per heavy atom. The number of aryl methyl sites for hydroxylation is 3. The highest BCUT2D eigenvalue weighted by molar-refractivity contribution is 5.76. The van der Waals surface area contributed by atoms with Crippen molar-refractivity contribution in [1.82, 2.24) is 29.8 Å². The maximum absolute atomic E-state index is 12.5. The molecule has 0 bridgehead atoms. The number of amides is 1. The van der Waals surface area contributed by atoms with Crippen LogP contribution in [0.5, 0.6) is 0 Å². The first kappa shape index (κ1) is 19.3. The van der Waals surface area contributed by atoms with Crippen molar-refractivity contribution in [2.75, 3.05) is 13.1 Å². The summed E-state index contributed by atoms with van der Waals surface area (Å²) in [5.74, 6) is 1.40. The predicted octanol–water partition coefficient (Wildman–Crippen LogP) is 2.82. The maximum atomic E-state index is 12.5. The molecule has 1 atom stereocenters. The first-order valence-electron chi connectivity index (χ1n) is 10.1. The van der Waals surface area contributed by atoms with Crippen molar-refractivity contribution in [1.29, 1.82) is 0 Å². The van der Waals surface area contributed by atoms with Crippen molar-refractivity contribution >= 4 is 5.91 Å². The largest absolute Gasteiger partial charge is 0.361 e. The lowest BCUT2D eigenvalue weighted by Gasteiger charge is -2.16. The molecule has 4 heterocycles. The van der Waals surface area contributed by atoms with Gasteiger partial charge in [0.25, 0.3) is 0 Å². The molecule has 1 fully saturated rings. The van der Waals surface area contributed by atoms with Gasteiger partial charge < -0.3 is 9.42 Å². The van der Waals surface area contributed by atoms with Gasteiger partial charge in [0.2, 0.25) is 5.91 Å². The molecular formula is C21H26N6O2. The van der Waals surface area contributed by atoms with E-state index >= 15 is 0 Å². The number of hydrogen-bond acceptors (Lipinski definition) is 6. The lowest BCUT2D eigenvalue weighted by atomic mass is 10.0. The van der Waals surface area contributed by atoms with E-state index in [1.807, 2.05) is 41.9 Å². The molecule has 0 aromatic carbocycles. The lowest BCUT2D eigenvalue weighted by Crippen LogP contribution is -2.29. The van der Waals surface area contributed by atoms with E-state index in [-0.39, 0.29) is 5.91 Å². The van der Waals surface area contributed by atoms with Crippen LogP contribution in [-0.2, 0) is 17.8 Å². The van der Waals surface area contributed by atoms with E-state index in [1.165, 1.54) is 0 Å². The molecular weight excluding hydrogens is 368 g/mol. The molecule has 1 aliphatic rings. The van der Waals surface area contributed by atoms with E-state index < -0.39 is 0 Å². The van der Waals surface area contributed by atoms with Crippen LogP contribution in [0.4, 0.5) is 0 Å². The minimum absolute atomic E-state index is 0.232. The topological polar surface area (TPSA) is 89.9 Å². The molecule has 0 N–H and O–H groups in total. The Kier molecular flexibility index (Phi) is 5.69. The number of nitrogens with zero attached hydrogens (tertiary/aromatic N) is 6. The molecule has 4 rings (SSSR count). The van der Waals surface area contributed by atoms with E-state index in [2.05, 4.69) is 15.2 Å². The van der Waals surface area contributed by atoms with E-state index in [1.54, 1.807) is 12.4 Å². The Bertz CT molecular complexity index is 946. The van der Waals surface area contributed by atoms with Gasteiger partial charge in [-0.15, -0.1) is 0 Å². The fourth-order valence-electron chi connectivity index (χ4n) is 3.98. The summed E-state index contributed by atoms with van der Waals surface area (Å²) in [6.07, 6.45) is 10.4. The zero-order chi connectivity index (χ0) is 20.2. The van der Waals surface area contributed by atoms with Crippen molar-refractivity contribution in [2.45, 2.75) is 46.1 Å². The Morgan fingerprint density at radius 1 is 1.31 bits per heavy atom. The summed E-state index contributed by atoms with van der Waals surface area (Å²) in [4.78, 5) is 23.6. The van der Waals surface area contributed by atoms with Crippen LogP contribution in [0, 0.1) is 19.8 Å². The second kappa shape index (κ2) is 8.55. The number of carbonyl (C=O) groups is 1. The molecule has 0 radical (unpaired) electrons. The highest BCUT2D eigenvalue weighted by atomic mass is 16.5.